The molecule has 0 aliphatic carbocycles. The zero-order valence-electron chi connectivity index (χ0n) is 10.8. The highest BCUT2D eigenvalue weighted by Gasteiger charge is 2.17. The van der Waals surface area contributed by atoms with Crippen molar-refractivity contribution in [1.82, 2.24) is 19.5 Å². The Hall–Kier alpha value is -2.83. The highest BCUT2D eigenvalue weighted by Crippen LogP contribution is 2.21. The van der Waals surface area contributed by atoms with Crippen molar-refractivity contribution >= 4 is 17.3 Å². The molecule has 1 aromatic rings. The number of hydrogen-bond donors (Lipinski definition) is 1. The predicted octanol–water partition coefficient (Wildman–Crippen LogP) is 0.243. The average Bonchev–Trinajstić information content (AvgIpc) is 2.40. The van der Waals surface area contributed by atoms with E-state index in [2.05, 4.69) is 15.0 Å². The van der Waals surface area contributed by atoms with Crippen molar-refractivity contribution in [2.45, 2.75) is 6.92 Å². The minimum absolute atomic E-state index is 0.0697. The number of rotatable bonds is 1. The third kappa shape index (κ3) is 1.63. The number of nitrogens with zero attached hydrogens (tertiary/aromatic N) is 3. The van der Waals surface area contributed by atoms with Crippen LogP contribution in [0.1, 0.15) is 15.9 Å². The van der Waals surface area contributed by atoms with Crippen molar-refractivity contribution in [2.75, 3.05) is 0 Å². The maximum atomic E-state index is 11.8. The minimum atomic E-state index is -0.708. The maximum absolute atomic E-state index is 11.8. The van der Waals surface area contributed by atoms with E-state index in [4.69, 9.17) is 0 Å². The van der Waals surface area contributed by atoms with E-state index in [1.54, 1.807) is 30.7 Å². The van der Waals surface area contributed by atoms with E-state index in [1.807, 2.05) is 0 Å². The molecule has 3 rings (SSSR count). The van der Waals surface area contributed by atoms with Crippen LogP contribution >= 0.6 is 0 Å². The lowest BCUT2D eigenvalue weighted by Gasteiger charge is -2.13. The fourth-order valence-corrected chi connectivity index (χ4v) is 2.19. The molecule has 7 heteroatoms. The smallest absolute Gasteiger partial charge is 0.325 e. The van der Waals surface area contributed by atoms with Gasteiger partial charge in [-0.1, -0.05) is 0 Å². The number of aldehydes is 1. The summed E-state index contributed by atoms with van der Waals surface area (Å²) in [6.07, 6.45) is 0.740. The predicted molar refractivity (Wildman–Crippen MR) is 72.1 cm³/mol. The van der Waals surface area contributed by atoms with Crippen LogP contribution in [0.25, 0.3) is 22.6 Å². The number of aromatic amines is 1. The van der Waals surface area contributed by atoms with Gasteiger partial charge in [-0.05, 0) is 24.6 Å². The van der Waals surface area contributed by atoms with Crippen LogP contribution in [-0.2, 0) is 7.05 Å². The summed E-state index contributed by atoms with van der Waals surface area (Å²) in [5.41, 5.74) is 1.26. The molecule has 0 bridgehead atoms. The first-order chi connectivity index (χ1) is 9.51. The molecule has 1 aromatic carbocycles. The summed E-state index contributed by atoms with van der Waals surface area (Å²) in [5.74, 6) is 0.213. The Balaban J connectivity index is 2.58. The summed E-state index contributed by atoms with van der Waals surface area (Å²) < 4.78 is 1.62. The van der Waals surface area contributed by atoms with E-state index >= 15 is 0 Å². The van der Waals surface area contributed by atoms with Gasteiger partial charge in [0.25, 0.3) is 5.56 Å². The minimum Gasteiger partial charge on any atom is -0.325 e. The molecule has 1 N–H and O–H groups in total. The Morgan fingerprint density at radius 1 is 1.25 bits per heavy atom. The van der Waals surface area contributed by atoms with Crippen LogP contribution in [0.4, 0.5) is 0 Å². The largest absolute Gasteiger partial charge is 0.349 e. The Kier molecular flexibility index (Phi) is 2.50. The number of nitrogens with one attached hydrogen (secondary N) is 1. The van der Waals surface area contributed by atoms with E-state index < -0.39 is 11.2 Å². The molecule has 2 aliphatic heterocycles. The third-order valence-corrected chi connectivity index (χ3v) is 3.26. The molecule has 20 heavy (non-hydrogen) atoms. The second-order valence-electron chi connectivity index (χ2n) is 4.53. The normalized spacial score (nSPS) is 11.1. The van der Waals surface area contributed by atoms with Gasteiger partial charge in [-0.3, -0.25) is 14.6 Å². The Labute approximate surface area is 112 Å². The number of hydrogen-bond acceptors (Lipinski definition) is 5. The number of aryl methyl sites for hydroxylation is 2. The molecule has 2 heterocycles. The van der Waals surface area contributed by atoms with Crippen molar-refractivity contribution in [3.63, 3.8) is 0 Å². The topological polar surface area (TPSA) is 97.7 Å². The quantitative estimate of drug-likeness (QED) is 0.504. The van der Waals surface area contributed by atoms with Crippen LogP contribution in [0.15, 0.2) is 21.7 Å². The van der Waals surface area contributed by atoms with Crippen molar-refractivity contribution in [1.29, 1.82) is 0 Å². The van der Waals surface area contributed by atoms with E-state index in [0.29, 0.717) is 16.6 Å². The molecule has 0 saturated carbocycles. The molecule has 100 valence electrons. The average molecular weight is 270 g/mol. The van der Waals surface area contributed by atoms with Gasteiger partial charge < -0.3 is 4.57 Å². The van der Waals surface area contributed by atoms with Gasteiger partial charge in [-0.15, -0.1) is 0 Å². The Bertz CT molecular complexity index is 939. The molecule has 0 fully saturated rings. The lowest BCUT2D eigenvalue weighted by atomic mass is 10.1. The monoisotopic (exact) mass is 270 g/mol. The first kappa shape index (κ1) is 12.2. The van der Waals surface area contributed by atoms with Gasteiger partial charge in [0.05, 0.1) is 11.0 Å². The number of carbonyl (C=O) groups excluding carboxylic acids is 1. The summed E-state index contributed by atoms with van der Waals surface area (Å²) in [4.78, 5) is 44.1. The first-order valence-electron chi connectivity index (χ1n) is 5.88. The van der Waals surface area contributed by atoms with Gasteiger partial charge in [0, 0.05) is 12.6 Å². The van der Waals surface area contributed by atoms with Gasteiger partial charge >= 0.3 is 5.69 Å². The summed E-state index contributed by atoms with van der Waals surface area (Å²) in [5, 5.41) is 0. The third-order valence-electron chi connectivity index (χ3n) is 3.26. The van der Waals surface area contributed by atoms with Crippen LogP contribution < -0.4 is 11.2 Å². The Morgan fingerprint density at radius 2 is 2.00 bits per heavy atom. The van der Waals surface area contributed by atoms with Crippen LogP contribution in [0, 0.1) is 6.92 Å². The molecular formula is C13H10N4O3. The second-order valence-corrected chi connectivity index (χ2v) is 4.53. The van der Waals surface area contributed by atoms with Crippen LogP contribution in [-0.4, -0.2) is 25.8 Å². The zero-order valence-corrected chi connectivity index (χ0v) is 10.8. The van der Waals surface area contributed by atoms with Gasteiger partial charge in [0.2, 0.25) is 0 Å². The highest BCUT2D eigenvalue weighted by molar-refractivity contribution is 5.88. The van der Waals surface area contributed by atoms with Gasteiger partial charge in [-0.25, -0.2) is 9.78 Å². The summed E-state index contributed by atoms with van der Waals surface area (Å²) >= 11 is 0. The van der Waals surface area contributed by atoms with E-state index in [9.17, 15) is 14.4 Å². The standard InChI is InChI=1S/C13H10N4O3/c1-6-3-9-8(4-7(6)5-18)14-10-11(17(9)2)15-13(20)16-12(10)19/h3-5H,1-2H3,(H,16,19,20). The number of benzene rings is 1. The fraction of sp³-hybridized carbons (Fsp3) is 0.154. The lowest BCUT2D eigenvalue weighted by molar-refractivity contribution is 0.112. The summed E-state index contributed by atoms with van der Waals surface area (Å²) in [7, 11) is 1.69. The molecular weight excluding hydrogens is 260 g/mol. The van der Waals surface area contributed by atoms with Crippen molar-refractivity contribution in [3.8, 4) is 11.5 Å². The molecule has 0 atom stereocenters. The lowest BCUT2D eigenvalue weighted by Crippen LogP contribution is -2.28. The molecule has 0 spiro atoms. The van der Waals surface area contributed by atoms with Gasteiger partial charge in [-0.2, -0.15) is 4.98 Å². The van der Waals surface area contributed by atoms with Crippen molar-refractivity contribution in [3.05, 3.63) is 44.1 Å². The molecule has 0 amide bonds. The first-order valence-corrected chi connectivity index (χ1v) is 5.88. The van der Waals surface area contributed by atoms with E-state index in [1.165, 1.54) is 0 Å². The van der Waals surface area contributed by atoms with Crippen molar-refractivity contribution in [2.24, 2.45) is 7.05 Å². The van der Waals surface area contributed by atoms with E-state index in [0.717, 1.165) is 11.8 Å². The SMILES string of the molecule is Cc1cc2c(cc1C=O)nc1c(=O)[nH]c(=O)nc-1n2C. The molecule has 2 aliphatic rings. The van der Waals surface area contributed by atoms with Crippen LogP contribution in [0.2, 0.25) is 0 Å². The summed E-state index contributed by atoms with van der Waals surface area (Å²) in [6.45, 7) is 1.80. The highest BCUT2D eigenvalue weighted by atomic mass is 16.2. The molecule has 0 radical (unpaired) electrons. The van der Waals surface area contributed by atoms with Gasteiger partial charge in [0.15, 0.2) is 11.5 Å². The second kappa shape index (κ2) is 4.09. The number of H-pyrrole nitrogens is 1. The van der Waals surface area contributed by atoms with Crippen LogP contribution in [0.3, 0.4) is 0 Å². The van der Waals surface area contributed by atoms with Gasteiger partial charge in [0.1, 0.15) is 6.29 Å². The van der Waals surface area contributed by atoms with Crippen LogP contribution in [0.5, 0.6) is 0 Å². The number of aromatic nitrogens is 4. The molecule has 0 unspecified atom stereocenters. The van der Waals surface area contributed by atoms with Crippen molar-refractivity contribution < 1.29 is 4.79 Å². The summed E-state index contributed by atoms with van der Waals surface area (Å²) in [6, 6.07) is 3.39. The Morgan fingerprint density at radius 3 is 2.70 bits per heavy atom. The molecule has 0 saturated heterocycles. The fourth-order valence-electron chi connectivity index (χ4n) is 2.19. The van der Waals surface area contributed by atoms with E-state index in [-0.39, 0.29) is 11.5 Å². The molecule has 7 nitrogen and oxygen atoms in total. The number of fused-ring (bicyclic) bond motifs is 2. The zero-order chi connectivity index (χ0) is 14.4. The molecule has 0 aromatic heterocycles. The number of carbonyl (C=O) groups is 1. The maximum Gasteiger partial charge on any atom is 0.349 e.